The minimum Gasteiger partial charge on any atom is -0.446 e. The number of amides is 1. The highest BCUT2D eigenvalue weighted by molar-refractivity contribution is 5.99. The van der Waals surface area contributed by atoms with Crippen LogP contribution < -0.4 is 26.5 Å². The standard InChI is InChI=1S/C19H16N4O4/c1-20-17(24)12-8-5-9-13-15(12)27-16-14(21-13)19(26)23(22-18(16)25)10-11-6-3-2-4-7-11/h2-9,21H,10H2,1H3,(H,20,24)(H,22,25). The second kappa shape index (κ2) is 6.49. The van der Waals surface area contributed by atoms with E-state index in [0.29, 0.717) is 5.69 Å². The molecule has 1 amide bonds. The summed E-state index contributed by atoms with van der Waals surface area (Å²) in [5.74, 6) is -0.311. The molecular weight excluding hydrogens is 348 g/mol. The number of aromatic nitrogens is 2. The van der Waals surface area contributed by atoms with Crippen molar-refractivity contribution < 1.29 is 9.53 Å². The van der Waals surface area contributed by atoms with Gasteiger partial charge in [0.2, 0.25) is 5.75 Å². The van der Waals surface area contributed by atoms with Crippen LogP contribution in [-0.2, 0) is 6.54 Å². The Bertz CT molecular complexity index is 1150. The van der Waals surface area contributed by atoms with Gasteiger partial charge in [0.25, 0.3) is 11.5 Å². The van der Waals surface area contributed by atoms with Crippen molar-refractivity contribution in [3.05, 3.63) is 80.4 Å². The first-order valence-corrected chi connectivity index (χ1v) is 8.29. The van der Waals surface area contributed by atoms with Gasteiger partial charge in [-0.25, -0.2) is 4.68 Å². The number of carbonyl (C=O) groups is 1. The Labute approximate surface area is 153 Å². The average Bonchev–Trinajstić information content (AvgIpc) is 2.70. The van der Waals surface area contributed by atoms with Gasteiger partial charge in [-0.05, 0) is 17.7 Å². The maximum absolute atomic E-state index is 12.8. The van der Waals surface area contributed by atoms with Crippen LogP contribution in [0, 0.1) is 0 Å². The summed E-state index contributed by atoms with van der Waals surface area (Å²) in [6.45, 7) is 0.217. The van der Waals surface area contributed by atoms with Gasteiger partial charge < -0.3 is 15.4 Å². The molecule has 8 nitrogen and oxygen atoms in total. The number of anilines is 2. The fraction of sp³-hybridized carbons (Fsp3) is 0.105. The van der Waals surface area contributed by atoms with Gasteiger partial charge in [-0.3, -0.25) is 19.5 Å². The molecule has 0 atom stereocenters. The number of nitrogens with zero attached hydrogens (tertiary/aromatic N) is 1. The van der Waals surface area contributed by atoms with Gasteiger partial charge in [-0.1, -0.05) is 36.4 Å². The number of hydrogen-bond donors (Lipinski definition) is 3. The lowest BCUT2D eigenvalue weighted by atomic mass is 10.1. The van der Waals surface area contributed by atoms with Gasteiger partial charge in [0.15, 0.2) is 11.4 Å². The Kier molecular flexibility index (Phi) is 4.00. The van der Waals surface area contributed by atoms with E-state index in [0.717, 1.165) is 5.56 Å². The second-order valence-corrected chi connectivity index (χ2v) is 6.01. The van der Waals surface area contributed by atoms with Crippen molar-refractivity contribution in [2.75, 3.05) is 12.4 Å². The molecule has 8 heteroatoms. The first-order valence-electron chi connectivity index (χ1n) is 8.29. The largest absolute Gasteiger partial charge is 0.446 e. The quantitative estimate of drug-likeness (QED) is 0.514. The summed E-state index contributed by atoms with van der Waals surface area (Å²) in [5, 5.41) is 7.98. The fourth-order valence-electron chi connectivity index (χ4n) is 2.95. The second-order valence-electron chi connectivity index (χ2n) is 6.01. The number of rotatable bonds is 3. The van der Waals surface area contributed by atoms with Gasteiger partial charge in [-0.15, -0.1) is 0 Å². The van der Waals surface area contributed by atoms with E-state index >= 15 is 0 Å². The van der Waals surface area contributed by atoms with E-state index in [2.05, 4.69) is 15.7 Å². The van der Waals surface area contributed by atoms with Crippen LogP contribution in [-0.4, -0.2) is 22.7 Å². The molecule has 0 spiro atoms. The first-order chi connectivity index (χ1) is 13.1. The van der Waals surface area contributed by atoms with Gasteiger partial charge in [0, 0.05) is 7.05 Å². The molecule has 4 rings (SSSR count). The molecule has 1 aromatic heterocycles. The smallest absolute Gasteiger partial charge is 0.308 e. The van der Waals surface area contributed by atoms with Gasteiger partial charge in [0.05, 0.1) is 17.8 Å². The molecule has 3 N–H and O–H groups in total. The molecular formula is C19H16N4O4. The molecule has 1 aliphatic rings. The number of aromatic amines is 1. The third kappa shape index (κ3) is 2.86. The maximum atomic E-state index is 12.8. The highest BCUT2D eigenvalue weighted by atomic mass is 16.5. The molecule has 136 valence electrons. The maximum Gasteiger partial charge on any atom is 0.308 e. The van der Waals surface area contributed by atoms with Gasteiger partial charge in [0.1, 0.15) is 0 Å². The van der Waals surface area contributed by atoms with Crippen molar-refractivity contribution in [1.29, 1.82) is 0 Å². The average molecular weight is 364 g/mol. The minimum absolute atomic E-state index is 0.0382. The van der Waals surface area contributed by atoms with E-state index in [9.17, 15) is 14.4 Å². The molecule has 1 aliphatic heterocycles. The predicted octanol–water partition coefficient (Wildman–Crippen LogP) is 1.79. The molecule has 0 fully saturated rings. The summed E-state index contributed by atoms with van der Waals surface area (Å²) >= 11 is 0. The molecule has 27 heavy (non-hydrogen) atoms. The zero-order chi connectivity index (χ0) is 19.0. The summed E-state index contributed by atoms with van der Waals surface area (Å²) < 4.78 is 6.89. The van der Waals surface area contributed by atoms with E-state index in [-0.39, 0.29) is 35.2 Å². The summed E-state index contributed by atoms with van der Waals surface area (Å²) in [6.07, 6.45) is 0. The summed E-state index contributed by atoms with van der Waals surface area (Å²) in [5.41, 5.74) is 0.624. The van der Waals surface area contributed by atoms with Crippen LogP contribution in [0.5, 0.6) is 11.5 Å². The summed E-state index contributed by atoms with van der Waals surface area (Å²) in [6, 6.07) is 14.2. The van der Waals surface area contributed by atoms with E-state index in [1.54, 1.807) is 18.2 Å². The van der Waals surface area contributed by atoms with E-state index in [1.807, 2.05) is 30.3 Å². The van der Waals surface area contributed by atoms with Crippen LogP contribution in [0.3, 0.4) is 0 Å². The Morgan fingerprint density at radius 2 is 1.85 bits per heavy atom. The molecule has 3 aromatic rings. The zero-order valence-corrected chi connectivity index (χ0v) is 14.4. The molecule has 0 aliphatic carbocycles. The third-order valence-corrected chi connectivity index (χ3v) is 4.26. The third-order valence-electron chi connectivity index (χ3n) is 4.26. The van der Waals surface area contributed by atoms with Crippen LogP contribution in [0.25, 0.3) is 0 Å². The lowest BCUT2D eigenvalue weighted by Gasteiger charge is -2.23. The minimum atomic E-state index is -0.564. The highest BCUT2D eigenvalue weighted by Crippen LogP contribution is 2.40. The molecule has 2 heterocycles. The normalized spacial score (nSPS) is 11.6. The van der Waals surface area contributed by atoms with Crippen LogP contribution in [0.2, 0.25) is 0 Å². The lowest BCUT2D eigenvalue weighted by molar-refractivity contribution is 0.0961. The Morgan fingerprint density at radius 1 is 1.07 bits per heavy atom. The van der Waals surface area contributed by atoms with E-state index in [1.165, 1.54) is 11.7 Å². The van der Waals surface area contributed by atoms with Crippen molar-refractivity contribution >= 4 is 17.3 Å². The van der Waals surface area contributed by atoms with Crippen LogP contribution >= 0.6 is 0 Å². The van der Waals surface area contributed by atoms with Crippen LogP contribution in [0.4, 0.5) is 11.4 Å². The number of ether oxygens (including phenoxy) is 1. The molecule has 0 saturated carbocycles. The van der Waals surface area contributed by atoms with Crippen LogP contribution in [0.1, 0.15) is 15.9 Å². The molecule has 2 aromatic carbocycles. The SMILES string of the molecule is CNC(=O)c1cccc2c1Oc1c(c(=O)n(Cc3ccccc3)[nH]c1=O)N2. The van der Waals surface area contributed by atoms with Crippen molar-refractivity contribution in [2.24, 2.45) is 0 Å². The highest BCUT2D eigenvalue weighted by Gasteiger charge is 2.27. The Balaban J connectivity index is 1.79. The molecule has 0 radical (unpaired) electrons. The van der Waals surface area contributed by atoms with Crippen LogP contribution in [0.15, 0.2) is 58.1 Å². The first kappa shape index (κ1) is 16.6. The number of fused-ring (bicyclic) bond motifs is 2. The topological polar surface area (TPSA) is 105 Å². The van der Waals surface area contributed by atoms with E-state index in [4.69, 9.17) is 4.74 Å². The van der Waals surface area contributed by atoms with Crippen molar-refractivity contribution in [3.63, 3.8) is 0 Å². The monoisotopic (exact) mass is 364 g/mol. The fourth-order valence-corrected chi connectivity index (χ4v) is 2.95. The van der Waals surface area contributed by atoms with E-state index < -0.39 is 11.1 Å². The number of H-pyrrole nitrogens is 1. The predicted molar refractivity (Wildman–Crippen MR) is 100 cm³/mol. The number of hydrogen-bond acceptors (Lipinski definition) is 5. The summed E-state index contributed by atoms with van der Waals surface area (Å²) in [4.78, 5) is 37.4. The number of benzene rings is 2. The zero-order valence-electron chi connectivity index (χ0n) is 14.4. The number of carbonyl (C=O) groups excluding carboxylic acids is 1. The van der Waals surface area contributed by atoms with Gasteiger partial charge >= 0.3 is 5.56 Å². The van der Waals surface area contributed by atoms with Crippen molar-refractivity contribution in [2.45, 2.75) is 6.54 Å². The number of nitrogens with one attached hydrogen (secondary N) is 3. The molecule has 0 unspecified atom stereocenters. The lowest BCUT2D eigenvalue weighted by Crippen LogP contribution is -2.34. The van der Waals surface area contributed by atoms with Crippen molar-refractivity contribution in [1.82, 2.24) is 15.1 Å². The Hall–Kier alpha value is -3.81. The summed E-state index contributed by atoms with van der Waals surface area (Å²) in [7, 11) is 1.50. The number of para-hydroxylation sites is 1. The van der Waals surface area contributed by atoms with Crippen molar-refractivity contribution in [3.8, 4) is 11.5 Å². The molecule has 0 bridgehead atoms. The Morgan fingerprint density at radius 3 is 2.59 bits per heavy atom. The van der Waals surface area contributed by atoms with Gasteiger partial charge in [-0.2, -0.15) is 0 Å². The molecule has 0 saturated heterocycles.